The second-order valence-electron chi connectivity index (χ2n) is 5.22. The zero-order valence-corrected chi connectivity index (χ0v) is 12.5. The predicted octanol–water partition coefficient (Wildman–Crippen LogP) is -0.886. The maximum absolute atomic E-state index is 12.1. The molecule has 1 amide bonds. The number of hydrogen-bond acceptors (Lipinski definition) is 5. The molecule has 120 valence electrons. The van der Waals surface area contributed by atoms with Crippen molar-refractivity contribution in [2.45, 2.75) is 25.3 Å². The largest absolute Gasteiger partial charge is 0.480 e. The Morgan fingerprint density at radius 3 is 2.38 bits per heavy atom. The van der Waals surface area contributed by atoms with Gasteiger partial charge in [-0.25, -0.2) is 8.42 Å². The number of nitrogens with zero attached hydrogens (tertiary/aromatic N) is 2. The minimum absolute atomic E-state index is 0.0420. The predicted molar refractivity (Wildman–Crippen MR) is 73.2 cm³/mol. The first kappa shape index (κ1) is 16.2. The number of carboxylic acids is 1. The molecular formula is C12H20N2O6S. The first-order chi connectivity index (χ1) is 9.90. The molecule has 1 saturated heterocycles. The number of amides is 1. The summed E-state index contributed by atoms with van der Waals surface area (Å²) in [6.07, 6.45) is 1.40. The van der Waals surface area contributed by atoms with E-state index in [9.17, 15) is 18.0 Å². The zero-order chi connectivity index (χ0) is 15.5. The van der Waals surface area contributed by atoms with Gasteiger partial charge < -0.3 is 14.7 Å². The van der Waals surface area contributed by atoms with E-state index >= 15 is 0 Å². The van der Waals surface area contributed by atoms with Crippen LogP contribution in [0.2, 0.25) is 0 Å². The Balaban J connectivity index is 1.88. The van der Waals surface area contributed by atoms with Gasteiger partial charge in [0.15, 0.2) is 0 Å². The van der Waals surface area contributed by atoms with Crippen LogP contribution < -0.4 is 0 Å². The SMILES string of the molecule is O=C(O)CN(C(=O)CCS(=O)(=O)N1CCOCC1)C1CC1. The van der Waals surface area contributed by atoms with Crippen LogP contribution in [0.25, 0.3) is 0 Å². The summed E-state index contributed by atoms with van der Waals surface area (Å²) in [6.45, 7) is 0.970. The number of hydrogen-bond donors (Lipinski definition) is 1. The van der Waals surface area contributed by atoms with Crippen LogP contribution in [-0.2, 0) is 24.3 Å². The lowest BCUT2D eigenvalue weighted by Crippen LogP contribution is -2.43. The van der Waals surface area contributed by atoms with Gasteiger partial charge >= 0.3 is 5.97 Å². The Morgan fingerprint density at radius 1 is 1.24 bits per heavy atom. The second-order valence-corrected chi connectivity index (χ2v) is 7.31. The maximum Gasteiger partial charge on any atom is 0.323 e. The number of carbonyl (C=O) groups excluding carboxylic acids is 1. The van der Waals surface area contributed by atoms with Gasteiger partial charge in [0, 0.05) is 25.6 Å². The molecule has 0 unspecified atom stereocenters. The monoisotopic (exact) mass is 320 g/mol. The molecule has 1 saturated carbocycles. The van der Waals surface area contributed by atoms with Crippen LogP contribution in [0.3, 0.4) is 0 Å². The van der Waals surface area contributed by atoms with Crippen molar-refractivity contribution in [3.8, 4) is 0 Å². The highest BCUT2D eigenvalue weighted by molar-refractivity contribution is 7.89. The van der Waals surface area contributed by atoms with Gasteiger partial charge in [-0.1, -0.05) is 0 Å². The van der Waals surface area contributed by atoms with Crippen molar-refractivity contribution < 1.29 is 27.9 Å². The molecule has 0 atom stereocenters. The molecule has 0 spiro atoms. The van der Waals surface area contributed by atoms with Gasteiger partial charge in [-0.15, -0.1) is 0 Å². The van der Waals surface area contributed by atoms with E-state index in [2.05, 4.69) is 0 Å². The van der Waals surface area contributed by atoms with Crippen molar-refractivity contribution in [2.75, 3.05) is 38.6 Å². The Kier molecular flexibility index (Phi) is 5.17. The topological polar surface area (TPSA) is 104 Å². The van der Waals surface area contributed by atoms with Crippen molar-refractivity contribution in [1.82, 2.24) is 9.21 Å². The molecule has 0 bridgehead atoms. The summed E-state index contributed by atoms with van der Waals surface area (Å²) in [6, 6.07) is -0.0420. The summed E-state index contributed by atoms with van der Waals surface area (Å²) in [5, 5.41) is 8.81. The number of aliphatic carboxylic acids is 1. The Labute approximate surface area is 123 Å². The van der Waals surface area contributed by atoms with Crippen molar-refractivity contribution >= 4 is 21.9 Å². The standard InChI is InChI=1S/C12H20N2O6S/c15-11(14(9-12(16)17)10-1-2-10)3-8-21(18,19)13-4-6-20-7-5-13/h10H,1-9H2,(H,16,17). The van der Waals surface area contributed by atoms with Crippen LogP contribution in [-0.4, -0.2) is 79.2 Å². The van der Waals surface area contributed by atoms with Crippen molar-refractivity contribution in [3.63, 3.8) is 0 Å². The molecule has 1 heterocycles. The number of morpholine rings is 1. The fourth-order valence-corrected chi connectivity index (χ4v) is 3.66. The van der Waals surface area contributed by atoms with Crippen LogP contribution in [0.15, 0.2) is 0 Å². The van der Waals surface area contributed by atoms with E-state index < -0.39 is 21.9 Å². The fraction of sp³-hybridized carbons (Fsp3) is 0.833. The molecule has 8 nitrogen and oxygen atoms in total. The van der Waals surface area contributed by atoms with E-state index in [0.29, 0.717) is 26.3 Å². The molecule has 0 aromatic rings. The highest BCUT2D eigenvalue weighted by atomic mass is 32.2. The molecule has 0 radical (unpaired) electrons. The third-order valence-electron chi connectivity index (χ3n) is 3.55. The summed E-state index contributed by atoms with van der Waals surface area (Å²) in [4.78, 5) is 24.1. The molecule has 0 aromatic heterocycles. The van der Waals surface area contributed by atoms with E-state index in [-0.39, 0.29) is 24.8 Å². The average Bonchev–Trinajstić information content (AvgIpc) is 3.27. The first-order valence-electron chi connectivity index (χ1n) is 6.97. The van der Waals surface area contributed by atoms with Gasteiger partial charge in [0.05, 0.1) is 19.0 Å². The van der Waals surface area contributed by atoms with Gasteiger partial charge in [-0.2, -0.15) is 4.31 Å². The summed E-state index contributed by atoms with van der Waals surface area (Å²) in [5.74, 6) is -1.77. The summed E-state index contributed by atoms with van der Waals surface area (Å²) < 4.78 is 30.6. The molecule has 0 aromatic carbocycles. The number of sulfonamides is 1. The molecule has 21 heavy (non-hydrogen) atoms. The van der Waals surface area contributed by atoms with Crippen molar-refractivity contribution in [1.29, 1.82) is 0 Å². The number of carbonyl (C=O) groups is 2. The van der Waals surface area contributed by atoms with Crippen LogP contribution in [0.4, 0.5) is 0 Å². The van der Waals surface area contributed by atoms with Gasteiger partial charge in [0.25, 0.3) is 0 Å². The summed E-state index contributed by atoms with van der Waals surface area (Å²) in [7, 11) is -3.49. The van der Waals surface area contributed by atoms with E-state index in [1.807, 2.05) is 0 Å². The molecule has 1 aliphatic carbocycles. The Bertz CT molecular complexity index is 496. The lowest BCUT2D eigenvalue weighted by Gasteiger charge is -2.26. The van der Waals surface area contributed by atoms with Crippen molar-refractivity contribution in [3.05, 3.63) is 0 Å². The van der Waals surface area contributed by atoms with Gasteiger partial charge in [0.2, 0.25) is 15.9 Å². The minimum atomic E-state index is -3.49. The lowest BCUT2D eigenvalue weighted by molar-refractivity contribution is -0.144. The van der Waals surface area contributed by atoms with Crippen molar-refractivity contribution in [2.24, 2.45) is 0 Å². The van der Waals surface area contributed by atoms with Gasteiger partial charge in [-0.3, -0.25) is 9.59 Å². The highest BCUT2D eigenvalue weighted by Crippen LogP contribution is 2.27. The fourth-order valence-electron chi connectivity index (χ4n) is 2.27. The van der Waals surface area contributed by atoms with E-state index in [1.54, 1.807) is 0 Å². The number of ether oxygens (including phenoxy) is 1. The van der Waals surface area contributed by atoms with Gasteiger partial charge in [0.1, 0.15) is 6.54 Å². The van der Waals surface area contributed by atoms with E-state index in [0.717, 1.165) is 12.8 Å². The molecular weight excluding hydrogens is 300 g/mol. The number of rotatable bonds is 7. The van der Waals surface area contributed by atoms with Crippen LogP contribution in [0, 0.1) is 0 Å². The molecule has 2 aliphatic rings. The Hall–Kier alpha value is -1.19. The smallest absolute Gasteiger partial charge is 0.323 e. The summed E-state index contributed by atoms with van der Waals surface area (Å²) >= 11 is 0. The van der Waals surface area contributed by atoms with Crippen LogP contribution >= 0.6 is 0 Å². The van der Waals surface area contributed by atoms with Crippen LogP contribution in [0.1, 0.15) is 19.3 Å². The molecule has 2 fully saturated rings. The number of carboxylic acid groups (broad SMARTS) is 1. The summed E-state index contributed by atoms with van der Waals surface area (Å²) in [5.41, 5.74) is 0. The molecule has 2 rings (SSSR count). The zero-order valence-electron chi connectivity index (χ0n) is 11.7. The van der Waals surface area contributed by atoms with Gasteiger partial charge in [-0.05, 0) is 12.8 Å². The third-order valence-corrected chi connectivity index (χ3v) is 5.42. The minimum Gasteiger partial charge on any atom is -0.480 e. The average molecular weight is 320 g/mol. The highest BCUT2D eigenvalue weighted by Gasteiger charge is 2.34. The van der Waals surface area contributed by atoms with Crippen LogP contribution in [0.5, 0.6) is 0 Å². The quantitative estimate of drug-likeness (QED) is 0.653. The Morgan fingerprint density at radius 2 is 1.86 bits per heavy atom. The third kappa shape index (κ3) is 4.65. The molecule has 1 N–H and O–H groups in total. The normalized spacial score (nSPS) is 20.2. The van der Waals surface area contributed by atoms with E-state index in [1.165, 1.54) is 9.21 Å². The maximum atomic E-state index is 12.1. The molecule has 9 heteroatoms. The second kappa shape index (κ2) is 6.71. The van der Waals surface area contributed by atoms with E-state index in [4.69, 9.17) is 9.84 Å². The first-order valence-corrected chi connectivity index (χ1v) is 8.58. The lowest BCUT2D eigenvalue weighted by atomic mass is 10.3. The molecule has 1 aliphatic heterocycles.